The Balaban J connectivity index is 0.000000120. The highest BCUT2D eigenvalue weighted by atomic mass is 16.3. The van der Waals surface area contributed by atoms with E-state index in [4.69, 9.17) is 35.2 Å². The summed E-state index contributed by atoms with van der Waals surface area (Å²) < 4.78 is 234. The number of para-hydroxylation sites is 3. The molecule has 0 bridgehead atoms. The van der Waals surface area contributed by atoms with Crippen molar-refractivity contribution in [3.8, 4) is 100 Å². The van der Waals surface area contributed by atoms with E-state index in [-0.39, 0.29) is 137 Å². The second-order valence-electron chi connectivity index (χ2n) is 30.9. The molecule has 26 rings (SSSR count). The van der Waals surface area contributed by atoms with Crippen LogP contribution in [-0.2, 0) is 0 Å². The maximum Gasteiger partial charge on any atom is 0.135 e. The third-order valence-corrected chi connectivity index (χ3v) is 23.9. The highest BCUT2D eigenvalue weighted by molar-refractivity contribution is 6.27. The smallest absolute Gasteiger partial charge is 0.135 e. The molecule has 0 saturated heterocycles. The second kappa shape index (κ2) is 30.4. The average molecular weight is 1610 g/mol. The largest absolute Gasteiger partial charge is 0.456 e. The zero-order valence-electron chi connectivity index (χ0n) is 90.2. The second-order valence-corrected chi connectivity index (χ2v) is 30.9. The van der Waals surface area contributed by atoms with E-state index in [1.807, 2.05) is 273 Å². The fourth-order valence-electron chi connectivity index (χ4n) is 18.2. The Hall–Kier alpha value is -16.5. The van der Waals surface area contributed by atoms with Crippen molar-refractivity contribution >= 4 is 152 Å². The zero-order valence-corrected chi connectivity index (χ0v) is 66.2. The first-order valence-corrected chi connectivity index (χ1v) is 40.9. The average Bonchev–Trinajstić information content (AvgIpc) is 0.726. The predicted molar refractivity (Wildman–Crippen MR) is 530 cm³/mol. The molecule has 0 aliphatic rings. The molecule has 125 heavy (non-hydrogen) atoms. The molecular formula is C122H76O3. The van der Waals surface area contributed by atoms with E-state index in [2.05, 4.69) is 6.07 Å². The van der Waals surface area contributed by atoms with Crippen LogP contribution in [0.1, 0.15) is 32.9 Å². The van der Waals surface area contributed by atoms with Crippen LogP contribution in [0, 0.1) is 0 Å². The van der Waals surface area contributed by atoms with E-state index in [0.29, 0.717) is 100 Å². The fourth-order valence-corrected chi connectivity index (χ4v) is 18.2. The molecule has 0 radical (unpaired) electrons. The van der Waals surface area contributed by atoms with Gasteiger partial charge < -0.3 is 13.3 Å². The van der Waals surface area contributed by atoms with Gasteiger partial charge in [0, 0.05) is 32.3 Å². The van der Waals surface area contributed by atoms with Crippen LogP contribution in [0.4, 0.5) is 0 Å². The van der Waals surface area contributed by atoms with Crippen LogP contribution in [0.2, 0.25) is 0 Å². The Kier molecular flexibility index (Phi) is 12.6. The summed E-state index contributed by atoms with van der Waals surface area (Å²) in [7, 11) is 0. The number of hydrogen-bond acceptors (Lipinski definition) is 3. The Morgan fingerprint density at radius 1 is 0.136 bits per heavy atom. The van der Waals surface area contributed by atoms with Crippen molar-refractivity contribution in [2.45, 2.75) is 0 Å². The van der Waals surface area contributed by atoms with Crippen LogP contribution in [0.15, 0.2) is 474 Å². The summed E-state index contributed by atoms with van der Waals surface area (Å²) in [5.74, 6) is 0. The minimum absolute atomic E-state index is 0.171. The van der Waals surface area contributed by atoms with E-state index < -0.39 is 72.5 Å². The summed E-state index contributed by atoms with van der Waals surface area (Å²) in [4.78, 5) is 0. The highest BCUT2D eigenvalue weighted by Gasteiger charge is 2.24. The molecule has 0 N–H and O–H groups in total. The third-order valence-electron chi connectivity index (χ3n) is 23.9. The monoisotopic (exact) mass is 1610 g/mol. The van der Waals surface area contributed by atoms with E-state index in [1.165, 1.54) is 0 Å². The summed E-state index contributed by atoms with van der Waals surface area (Å²) >= 11 is 0. The zero-order chi connectivity index (χ0) is 103. The molecule has 3 heteroatoms. The van der Waals surface area contributed by atoms with Gasteiger partial charge in [0.2, 0.25) is 0 Å². The Morgan fingerprint density at radius 2 is 0.368 bits per heavy atom. The van der Waals surface area contributed by atoms with Crippen LogP contribution < -0.4 is 0 Å². The number of furan rings is 3. The summed E-state index contributed by atoms with van der Waals surface area (Å²) in [6.07, 6.45) is 0. The Morgan fingerprint density at radius 3 is 0.744 bits per heavy atom. The molecule has 3 nitrogen and oxygen atoms in total. The number of fused-ring (bicyclic) bond motifs is 17. The van der Waals surface area contributed by atoms with Gasteiger partial charge in [0.1, 0.15) is 33.5 Å². The lowest BCUT2D eigenvalue weighted by Crippen LogP contribution is -1.92. The minimum Gasteiger partial charge on any atom is -0.456 e. The molecule has 582 valence electrons. The van der Waals surface area contributed by atoms with E-state index in [1.54, 1.807) is 36.4 Å². The molecule has 0 spiro atoms. The van der Waals surface area contributed by atoms with Gasteiger partial charge in [-0.05, 0) is 259 Å². The maximum atomic E-state index is 9.39. The minimum atomic E-state index is -0.436. The first-order valence-electron chi connectivity index (χ1n) is 52.9. The van der Waals surface area contributed by atoms with Gasteiger partial charge in [0.25, 0.3) is 0 Å². The van der Waals surface area contributed by atoms with Gasteiger partial charge >= 0.3 is 0 Å². The SMILES string of the molecule is [2H]c1c([2H])c([2H])c2c(-c3ccc4oc5ccccc5c4c3)c3c([2H])c([2H])c([2H])c([2H])c3c(-c3ccc4cc(-c5ccccc5)ccc4c3)c2c1[2H].[2H]c1c([2H])c([2H])c2c(-c3ccc4oc5ccccc5c4c3)c3c([2H])c([2H])c([2H])c([2H])c3c(-c3ccc4ccccc4c3)c2c1[2H].[2H]c1c([2H])c([2H])c2c(-c3ccccc3-c3ccc(-c4ccccc4)cc3)c3c([2H])c([2H])c([2H])c([2H])c3c(-c3ccc4oc5ccccc5c4c3)c2c1[2H]. The molecule has 3 heterocycles. The molecule has 0 saturated carbocycles. The maximum absolute atomic E-state index is 9.39. The number of benzene rings is 23. The van der Waals surface area contributed by atoms with Gasteiger partial charge in [0.05, 0.1) is 32.9 Å². The summed E-state index contributed by atoms with van der Waals surface area (Å²) in [6.45, 7) is 0. The molecule has 26 aromatic rings. The van der Waals surface area contributed by atoms with Crippen LogP contribution >= 0.6 is 0 Å². The normalized spacial score (nSPS) is 14.4. The number of rotatable bonds is 9. The summed E-state index contributed by atoms with van der Waals surface area (Å²) in [5, 5.41) is 10.8. The van der Waals surface area contributed by atoms with Crippen LogP contribution in [0.5, 0.6) is 0 Å². The van der Waals surface area contributed by atoms with Crippen molar-refractivity contribution in [2.75, 3.05) is 0 Å². The quantitative estimate of drug-likeness (QED) is 0.135. The lowest BCUT2D eigenvalue weighted by Gasteiger charge is -2.20. The van der Waals surface area contributed by atoms with Crippen molar-refractivity contribution < 1.29 is 46.1 Å². The molecule has 3 aromatic heterocycles. The topological polar surface area (TPSA) is 39.4 Å². The van der Waals surface area contributed by atoms with Gasteiger partial charge in [-0.25, -0.2) is 0 Å². The standard InChI is InChI=1S/C44H28O.C42H26O.C36H22O/c1-2-12-29(13-3-1)30-22-24-31(25-23-30)33-14-4-5-16-35(33)44-38-19-8-6-17-36(38)43(37-18-7-9-20-39(37)44)32-26-27-42-40(28-32)34-15-10-11-21-41(34)45-42;1-2-10-27(11-3-1)28-18-19-30-25-31(21-20-29(30)24-28)41-34-13-4-6-15-36(34)42(37-16-7-5-14-35(37)41)32-22-23-40-38(26-32)33-12-8-9-17-39(33)43-40;1-2-10-24-21-25(18-17-23(24)9-1)35-28-12-3-5-14-30(28)36(31-15-6-4-13-29(31)35)26-19-20-34-32(22-26)27-11-7-8-16-33(27)37-34/h1-28H;1-26H;1-22H/i6D,7D,8D,9D,17D,18D,19D,20D;4D,5D,6D,7D,13D,14D,15D,16D;3D,4D,5D,6D,12D,13D,14D,15D. The predicted octanol–water partition coefficient (Wildman–Crippen LogP) is 35.0. The van der Waals surface area contributed by atoms with Crippen molar-refractivity contribution in [1.82, 2.24) is 0 Å². The van der Waals surface area contributed by atoms with Gasteiger partial charge in [-0.3, -0.25) is 0 Å². The van der Waals surface area contributed by atoms with Crippen LogP contribution in [0.3, 0.4) is 0 Å². The lowest BCUT2D eigenvalue weighted by atomic mass is 9.83. The molecule has 0 aliphatic heterocycles. The first-order chi connectivity index (χ1) is 72.0. The van der Waals surface area contributed by atoms with E-state index >= 15 is 0 Å². The molecule has 0 atom stereocenters. The van der Waals surface area contributed by atoms with Crippen LogP contribution in [-0.4, -0.2) is 0 Å². The molecular weight excluding hydrogens is 1510 g/mol. The van der Waals surface area contributed by atoms with E-state index in [9.17, 15) is 11.0 Å². The van der Waals surface area contributed by atoms with E-state index in [0.717, 1.165) is 87.2 Å². The first kappa shape index (κ1) is 51.9. The Bertz CT molecular complexity index is 10100. The summed E-state index contributed by atoms with van der Waals surface area (Å²) in [6, 6.07) is 91.3. The van der Waals surface area contributed by atoms with Gasteiger partial charge in [-0.2, -0.15) is 0 Å². The molecule has 0 aliphatic carbocycles. The molecule has 0 unspecified atom stereocenters. The van der Waals surface area contributed by atoms with Crippen LogP contribution in [0.25, 0.3) is 252 Å². The van der Waals surface area contributed by atoms with Crippen molar-refractivity contribution in [1.29, 1.82) is 0 Å². The highest BCUT2D eigenvalue weighted by Crippen LogP contribution is 2.51. The van der Waals surface area contributed by atoms with Gasteiger partial charge in [-0.1, -0.05) is 388 Å². The number of hydrogen-bond donors (Lipinski definition) is 0. The van der Waals surface area contributed by atoms with Crippen molar-refractivity contribution in [3.05, 3.63) is 460 Å². The summed E-state index contributed by atoms with van der Waals surface area (Å²) in [5.41, 5.74) is 15.0. The van der Waals surface area contributed by atoms with Gasteiger partial charge in [-0.15, -0.1) is 0 Å². The third kappa shape index (κ3) is 12.6. The van der Waals surface area contributed by atoms with Crippen molar-refractivity contribution in [3.63, 3.8) is 0 Å². The molecule has 0 amide bonds. The lowest BCUT2D eigenvalue weighted by molar-refractivity contribution is 0.668. The molecule has 0 fully saturated rings. The van der Waals surface area contributed by atoms with Gasteiger partial charge in [0.15, 0.2) is 0 Å². The Labute approximate surface area is 755 Å². The van der Waals surface area contributed by atoms with Crippen molar-refractivity contribution in [2.24, 2.45) is 0 Å². The molecule has 23 aromatic carbocycles. The fraction of sp³-hybridized carbons (Fsp3) is 0.